The Bertz CT molecular complexity index is 942. The Morgan fingerprint density at radius 1 is 0.923 bits per heavy atom. The first-order valence-corrected chi connectivity index (χ1v) is 13.1. The van der Waals surface area contributed by atoms with Gasteiger partial charge in [-0.15, -0.1) is 0 Å². The summed E-state index contributed by atoms with van der Waals surface area (Å²) in [5, 5.41) is 0. The first-order chi connectivity index (χ1) is 18.3. The highest BCUT2D eigenvalue weighted by Crippen LogP contribution is 2.25. The molecule has 1 aromatic rings. The van der Waals surface area contributed by atoms with Gasteiger partial charge in [0, 0.05) is 6.61 Å². The van der Waals surface area contributed by atoms with Crippen LogP contribution in [0.2, 0.25) is 0 Å². The van der Waals surface area contributed by atoms with E-state index < -0.39 is 29.1 Å². The van der Waals surface area contributed by atoms with Crippen molar-refractivity contribution in [3.63, 3.8) is 0 Å². The van der Waals surface area contributed by atoms with Crippen molar-refractivity contribution in [1.82, 2.24) is 0 Å². The second-order valence-electron chi connectivity index (χ2n) is 9.96. The zero-order valence-corrected chi connectivity index (χ0v) is 23.9. The van der Waals surface area contributed by atoms with Gasteiger partial charge in [0.25, 0.3) is 0 Å². The number of unbranched alkanes of at least 4 members (excludes halogenated alkanes) is 1. The Hall–Kier alpha value is -3.38. The standard InChI is InChI=1S/C27H46N6O6/c1-6-8-13-36-17-26(4,22(34)39-21(14-32-24(28)29)15-33-25(30)31)18-37-23(35)27(5,7-2)38-16-20-11-9-19(3)10-12-20/h9-12,21H,6-8,13-18H2,1-5H3,(H4,28,29,32)(H4,30,31,33). The van der Waals surface area contributed by atoms with Crippen LogP contribution in [0.25, 0.3) is 0 Å². The SMILES string of the molecule is CCCCOCC(C)(COC(=O)C(C)(CC)OCc1ccc(C)cc1)C(=O)OC(CN=C(N)N)CN=C(N)N. The predicted molar refractivity (Wildman–Crippen MR) is 151 cm³/mol. The number of esters is 2. The van der Waals surface area contributed by atoms with E-state index in [1.165, 1.54) is 0 Å². The van der Waals surface area contributed by atoms with Gasteiger partial charge in [0.15, 0.2) is 17.5 Å². The van der Waals surface area contributed by atoms with Gasteiger partial charge in [-0.2, -0.15) is 0 Å². The average Bonchev–Trinajstić information content (AvgIpc) is 2.90. The van der Waals surface area contributed by atoms with Crippen LogP contribution in [0.4, 0.5) is 0 Å². The zero-order valence-electron chi connectivity index (χ0n) is 23.9. The minimum Gasteiger partial charge on any atom is -0.462 e. The summed E-state index contributed by atoms with van der Waals surface area (Å²) in [5.41, 5.74) is 21.2. The fourth-order valence-corrected chi connectivity index (χ4v) is 3.15. The summed E-state index contributed by atoms with van der Waals surface area (Å²) in [5.74, 6) is -1.62. The monoisotopic (exact) mass is 550 g/mol. The topological polar surface area (TPSA) is 200 Å². The number of rotatable bonds is 18. The maximum atomic E-state index is 13.4. The summed E-state index contributed by atoms with van der Waals surface area (Å²) in [6.07, 6.45) is 1.24. The van der Waals surface area contributed by atoms with Crippen LogP contribution >= 0.6 is 0 Å². The van der Waals surface area contributed by atoms with Crippen molar-refractivity contribution in [2.45, 2.75) is 72.2 Å². The number of nitrogens with two attached hydrogens (primary N) is 4. The molecule has 0 aliphatic carbocycles. The second-order valence-corrected chi connectivity index (χ2v) is 9.96. The summed E-state index contributed by atoms with van der Waals surface area (Å²) >= 11 is 0. The van der Waals surface area contributed by atoms with Gasteiger partial charge in [-0.1, -0.05) is 50.1 Å². The second kappa shape index (κ2) is 16.6. The number of carbonyl (C=O) groups is 2. The number of hydrogen-bond donors (Lipinski definition) is 4. The van der Waals surface area contributed by atoms with E-state index in [0.717, 1.165) is 24.0 Å². The van der Waals surface area contributed by atoms with E-state index in [-0.39, 0.29) is 44.8 Å². The highest BCUT2D eigenvalue weighted by molar-refractivity contribution is 5.81. The molecule has 0 spiro atoms. The maximum Gasteiger partial charge on any atom is 0.338 e. The number of carbonyl (C=O) groups excluding carboxylic acids is 2. The third-order valence-electron chi connectivity index (χ3n) is 6.09. The molecule has 0 saturated heterocycles. The van der Waals surface area contributed by atoms with E-state index >= 15 is 0 Å². The molecule has 0 radical (unpaired) electrons. The number of nitrogens with zero attached hydrogens (tertiary/aromatic N) is 2. The molecule has 220 valence electrons. The Morgan fingerprint density at radius 2 is 1.51 bits per heavy atom. The van der Waals surface area contributed by atoms with Gasteiger partial charge in [-0.3, -0.25) is 4.79 Å². The lowest BCUT2D eigenvalue weighted by Gasteiger charge is -2.31. The average molecular weight is 551 g/mol. The van der Waals surface area contributed by atoms with Gasteiger partial charge in [-0.05, 0) is 39.2 Å². The largest absolute Gasteiger partial charge is 0.462 e. The molecule has 0 aliphatic rings. The van der Waals surface area contributed by atoms with Crippen LogP contribution in [0.1, 0.15) is 58.1 Å². The Balaban J connectivity index is 3.00. The highest BCUT2D eigenvalue weighted by atomic mass is 16.6. The Morgan fingerprint density at radius 3 is 2.03 bits per heavy atom. The molecule has 39 heavy (non-hydrogen) atoms. The number of guanidine groups is 2. The lowest BCUT2D eigenvalue weighted by Crippen LogP contribution is -2.46. The third kappa shape index (κ3) is 12.3. The number of ether oxygens (including phenoxy) is 4. The van der Waals surface area contributed by atoms with Gasteiger partial charge >= 0.3 is 11.9 Å². The van der Waals surface area contributed by atoms with Crippen LogP contribution in [0.3, 0.4) is 0 Å². The molecule has 8 N–H and O–H groups in total. The van der Waals surface area contributed by atoms with E-state index in [1.54, 1.807) is 13.8 Å². The summed E-state index contributed by atoms with van der Waals surface area (Å²) in [6, 6.07) is 7.84. The molecule has 1 rings (SSSR count). The molecule has 2 atom stereocenters. The molecule has 2 unspecified atom stereocenters. The van der Waals surface area contributed by atoms with Crippen molar-refractivity contribution in [2.24, 2.45) is 38.3 Å². The van der Waals surface area contributed by atoms with Gasteiger partial charge in [-0.25, -0.2) is 14.8 Å². The summed E-state index contributed by atoms with van der Waals surface area (Å²) in [7, 11) is 0. The van der Waals surface area contributed by atoms with Crippen LogP contribution in [0, 0.1) is 12.3 Å². The fourth-order valence-electron chi connectivity index (χ4n) is 3.15. The van der Waals surface area contributed by atoms with E-state index in [9.17, 15) is 9.59 Å². The predicted octanol–water partition coefficient (Wildman–Crippen LogP) is 1.51. The lowest BCUT2D eigenvalue weighted by atomic mass is 9.92. The molecule has 12 heteroatoms. The molecular formula is C27H46N6O6. The van der Waals surface area contributed by atoms with Crippen molar-refractivity contribution in [3.8, 4) is 0 Å². The van der Waals surface area contributed by atoms with E-state index in [1.807, 2.05) is 45.0 Å². The molecule has 0 aromatic heterocycles. The van der Waals surface area contributed by atoms with Crippen LogP contribution in [0.15, 0.2) is 34.3 Å². The van der Waals surface area contributed by atoms with Crippen molar-refractivity contribution < 1.29 is 28.5 Å². The smallest absolute Gasteiger partial charge is 0.338 e. The number of benzene rings is 1. The van der Waals surface area contributed by atoms with E-state index in [2.05, 4.69) is 9.98 Å². The summed E-state index contributed by atoms with van der Waals surface area (Å²) < 4.78 is 23.0. The Kier molecular flexibility index (Phi) is 14.3. The van der Waals surface area contributed by atoms with Crippen molar-refractivity contribution >= 4 is 23.9 Å². The van der Waals surface area contributed by atoms with Gasteiger partial charge in [0.2, 0.25) is 0 Å². The molecule has 0 saturated carbocycles. The van der Waals surface area contributed by atoms with Crippen LogP contribution in [0.5, 0.6) is 0 Å². The molecule has 0 bridgehead atoms. The molecule has 0 heterocycles. The molecule has 0 fully saturated rings. The summed E-state index contributed by atoms with van der Waals surface area (Å²) in [6.45, 7) is 9.34. The molecular weight excluding hydrogens is 504 g/mol. The number of aliphatic imine (C=N–C) groups is 2. The van der Waals surface area contributed by atoms with Crippen molar-refractivity contribution in [2.75, 3.05) is 32.9 Å². The molecule has 0 aliphatic heterocycles. The summed E-state index contributed by atoms with van der Waals surface area (Å²) in [4.78, 5) is 34.3. The normalized spacial score (nSPS) is 14.1. The Labute approximate surface area is 231 Å². The van der Waals surface area contributed by atoms with E-state index in [0.29, 0.717) is 13.0 Å². The van der Waals surface area contributed by atoms with Crippen molar-refractivity contribution in [3.05, 3.63) is 35.4 Å². The van der Waals surface area contributed by atoms with Crippen LogP contribution in [-0.2, 0) is 35.1 Å². The van der Waals surface area contributed by atoms with Crippen LogP contribution in [-0.4, -0.2) is 68.5 Å². The van der Waals surface area contributed by atoms with Gasteiger partial charge in [0.1, 0.15) is 18.1 Å². The van der Waals surface area contributed by atoms with Gasteiger partial charge < -0.3 is 41.9 Å². The first kappa shape index (κ1) is 33.6. The quantitative estimate of drug-likeness (QED) is 0.0898. The van der Waals surface area contributed by atoms with Gasteiger partial charge in [0.05, 0.1) is 26.3 Å². The fraction of sp³-hybridized carbons (Fsp3) is 0.630. The first-order valence-electron chi connectivity index (χ1n) is 13.1. The molecule has 0 amide bonds. The third-order valence-corrected chi connectivity index (χ3v) is 6.09. The van der Waals surface area contributed by atoms with E-state index in [4.69, 9.17) is 41.9 Å². The maximum absolute atomic E-state index is 13.4. The minimum atomic E-state index is -1.33. The number of aryl methyl sites for hydroxylation is 1. The zero-order chi connectivity index (χ0) is 29.5. The van der Waals surface area contributed by atoms with Crippen molar-refractivity contribution in [1.29, 1.82) is 0 Å². The number of hydrogen-bond acceptors (Lipinski definition) is 8. The molecule has 1 aromatic carbocycles. The lowest BCUT2D eigenvalue weighted by molar-refractivity contribution is -0.183. The minimum absolute atomic E-state index is 0.0382. The molecule has 12 nitrogen and oxygen atoms in total. The van der Waals surface area contributed by atoms with Crippen LogP contribution < -0.4 is 22.9 Å². The highest BCUT2D eigenvalue weighted by Gasteiger charge is 2.41.